The van der Waals surface area contributed by atoms with Gasteiger partial charge in [-0.2, -0.15) is 0 Å². The average molecular weight is 158 g/mol. The van der Waals surface area contributed by atoms with Gasteiger partial charge in [0, 0.05) is 7.11 Å². The third kappa shape index (κ3) is 1.52. The number of carbonyl (C=O) groups excluding carboxylic acids is 1. The van der Waals surface area contributed by atoms with E-state index in [0.29, 0.717) is 6.61 Å². The first-order valence-electron chi connectivity index (χ1n) is 3.75. The number of nitrogens with one attached hydrogen (secondary N) is 1. The van der Waals surface area contributed by atoms with Crippen LogP contribution in [0.2, 0.25) is 0 Å². The molecule has 0 aromatic carbocycles. The molecule has 1 aliphatic heterocycles. The molecule has 4 nitrogen and oxygen atoms in total. The maximum atomic E-state index is 11.0. The second-order valence-corrected chi connectivity index (χ2v) is 2.91. The number of nitrogens with two attached hydrogens (primary N) is 1. The molecule has 1 rings (SSSR count). The van der Waals surface area contributed by atoms with Crippen molar-refractivity contribution in [1.82, 2.24) is 5.32 Å². The zero-order chi connectivity index (χ0) is 8.32. The maximum absolute atomic E-state index is 11.0. The zero-order valence-electron chi connectivity index (χ0n) is 6.72. The second kappa shape index (κ2) is 3.19. The third-order valence-electron chi connectivity index (χ3n) is 2.11. The van der Waals surface area contributed by atoms with E-state index in [1.807, 2.05) is 0 Å². The van der Waals surface area contributed by atoms with Crippen molar-refractivity contribution in [3.63, 3.8) is 0 Å². The van der Waals surface area contributed by atoms with Crippen molar-refractivity contribution in [1.29, 1.82) is 0 Å². The van der Waals surface area contributed by atoms with Crippen molar-refractivity contribution in [3.05, 3.63) is 0 Å². The van der Waals surface area contributed by atoms with E-state index in [1.165, 1.54) is 0 Å². The van der Waals surface area contributed by atoms with Gasteiger partial charge in [0.15, 0.2) is 0 Å². The Kier molecular flexibility index (Phi) is 2.46. The first kappa shape index (κ1) is 8.49. The number of primary amides is 1. The molecular weight excluding hydrogens is 144 g/mol. The summed E-state index contributed by atoms with van der Waals surface area (Å²) in [5, 5.41) is 3.07. The molecule has 1 heterocycles. The molecular formula is C7H14N2O2. The number of amides is 1. The van der Waals surface area contributed by atoms with Crippen LogP contribution in [0.1, 0.15) is 12.8 Å². The Hall–Kier alpha value is -0.610. The highest BCUT2D eigenvalue weighted by atomic mass is 16.5. The van der Waals surface area contributed by atoms with E-state index in [0.717, 1.165) is 19.4 Å². The van der Waals surface area contributed by atoms with Gasteiger partial charge in [0.1, 0.15) is 5.54 Å². The van der Waals surface area contributed by atoms with Crippen LogP contribution in [0.5, 0.6) is 0 Å². The normalized spacial score (nSPS) is 30.6. The van der Waals surface area contributed by atoms with Crippen LogP contribution in [0.15, 0.2) is 0 Å². The lowest BCUT2D eigenvalue weighted by molar-refractivity contribution is -0.125. The smallest absolute Gasteiger partial charge is 0.240 e. The minimum atomic E-state index is -0.589. The fourth-order valence-corrected chi connectivity index (χ4v) is 1.46. The molecule has 0 unspecified atom stereocenters. The van der Waals surface area contributed by atoms with Crippen molar-refractivity contribution in [2.75, 3.05) is 20.3 Å². The van der Waals surface area contributed by atoms with Crippen LogP contribution >= 0.6 is 0 Å². The summed E-state index contributed by atoms with van der Waals surface area (Å²) in [4.78, 5) is 11.0. The van der Waals surface area contributed by atoms with Crippen LogP contribution in [0.4, 0.5) is 0 Å². The Morgan fingerprint density at radius 1 is 1.82 bits per heavy atom. The van der Waals surface area contributed by atoms with Crippen LogP contribution in [0.3, 0.4) is 0 Å². The molecule has 0 saturated carbocycles. The Labute approximate surface area is 66.1 Å². The molecule has 0 radical (unpaired) electrons. The lowest BCUT2D eigenvalue weighted by Crippen LogP contribution is -2.54. The number of ether oxygens (including phenoxy) is 1. The molecule has 64 valence electrons. The standard InChI is InChI=1S/C7H14N2O2/c1-11-5-7(6(8)10)3-2-4-9-7/h9H,2-5H2,1H3,(H2,8,10)/t7-/m1/s1. The lowest BCUT2D eigenvalue weighted by atomic mass is 9.98. The Bertz CT molecular complexity index is 153. The quantitative estimate of drug-likeness (QED) is 0.567. The molecule has 11 heavy (non-hydrogen) atoms. The molecule has 0 aliphatic carbocycles. The van der Waals surface area contributed by atoms with Gasteiger partial charge < -0.3 is 15.8 Å². The van der Waals surface area contributed by atoms with E-state index >= 15 is 0 Å². The second-order valence-electron chi connectivity index (χ2n) is 2.91. The molecule has 0 bridgehead atoms. The lowest BCUT2D eigenvalue weighted by Gasteiger charge is -2.24. The molecule has 1 saturated heterocycles. The van der Waals surface area contributed by atoms with Gasteiger partial charge in [-0.15, -0.1) is 0 Å². The number of methoxy groups -OCH3 is 1. The molecule has 4 heteroatoms. The van der Waals surface area contributed by atoms with Crippen LogP contribution in [-0.4, -0.2) is 31.7 Å². The molecule has 0 aromatic rings. The van der Waals surface area contributed by atoms with Gasteiger partial charge in [0.05, 0.1) is 6.61 Å². The molecule has 1 aliphatic rings. The fraction of sp³-hybridized carbons (Fsp3) is 0.857. The molecule has 1 fully saturated rings. The highest BCUT2D eigenvalue weighted by Gasteiger charge is 2.39. The van der Waals surface area contributed by atoms with Crippen LogP contribution in [-0.2, 0) is 9.53 Å². The minimum Gasteiger partial charge on any atom is -0.382 e. The van der Waals surface area contributed by atoms with E-state index in [-0.39, 0.29) is 5.91 Å². The van der Waals surface area contributed by atoms with Gasteiger partial charge >= 0.3 is 0 Å². The topological polar surface area (TPSA) is 64.3 Å². The first-order chi connectivity index (χ1) is 5.21. The summed E-state index contributed by atoms with van der Waals surface area (Å²) in [6.45, 7) is 1.23. The monoisotopic (exact) mass is 158 g/mol. The summed E-state index contributed by atoms with van der Waals surface area (Å²) in [5.41, 5.74) is 4.65. The molecule has 1 atom stereocenters. The summed E-state index contributed by atoms with van der Waals surface area (Å²) in [7, 11) is 1.57. The zero-order valence-corrected chi connectivity index (χ0v) is 6.72. The van der Waals surface area contributed by atoms with Gasteiger partial charge in [0.2, 0.25) is 5.91 Å². The van der Waals surface area contributed by atoms with Crippen molar-refractivity contribution in [3.8, 4) is 0 Å². The summed E-state index contributed by atoms with van der Waals surface area (Å²) in [5.74, 6) is -0.308. The van der Waals surface area contributed by atoms with Crippen LogP contribution in [0.25, 0.3) is 0 Å². The maximum Gasteiger partial charge on any atom is 0.240 e. The fourth-order valence-electron chi connectivity index (χ4n) is 1.46. The summed E-state index contributed by atoms with van der Waals surface area (Å²) in [6.07, 6.45) is 1.78. The minimum absolute atomic E-state index is 0.308. The van der Waals surface area contributed by atoms with E-state index in [1.54, 1.807) is 7.11 Å². The number of rotatable bonds is 3. The largest absolute Gasteiger partial charge is 0.382 e. The average Bonchev–Trinajstić information content (AvgIpc) is 2.38. The molecule has 0 spiro atoms. The Morgan fingerprint density at radius 2 is 2.55 bits per heavy atom. The van der Waals surface area contributed by atoms with Crippen molar-refractivity contribution >= 4 is 5.91 Å². The van der Waals surface area contributed by atoms with E-state index in [4.69, 9.17) is 10.5 Å². The van der Waals surface area contributed by atoms with Crippen molar-refractivity contribution < 1.29 is 9.53 Å². The van der Waals surface area contributed by atoms with E-state index in [2.05, 4.69) is 5.32 Å². The number of carbonyl (C=O) groups is 1. The van der Waals surface area contributed by atoms with E-state index < -0.39 is 5.54 Å². The van der Waals surface area contributed by atoms with Gasteiger partial charge in [0.25, 0.3) is 0 Å². The van der Waals surface area contributed by atoms with Crippen LogP contribution in [0, 0.1) is 0 Å². The van der Waals surface area contributed by atoms with Gasteiger partial charge in [-0.1, -0.05) is 0 Å². The van der Waals surface area contributed by atoms with Gasteiger partial charge in [-0.3, -0.25) is 4.79 Å². The summed E-state index contributed by atoms with van der Waals surface area (Å²) >= 11 is 0. The SMILES string of the molecule is COC[C@@]1(C(N)=O)CCCN1. The summed E-state index contributed by atoms with van der Waals surface area (Å²) in [6, 6.07) is 0. The van der Waals surface area contributed by atoms with Crippen molar-refractivity contribution in [2.24, 2.45) is 5.73 Å². The van der Waals surface area contributed by atoms with Crippen LogP contribution < -0.4 is 11.1 Å². The van der Waals surface area contributed by atoms with Gasteiger partial charge in [-0.25, -0.2) is 0 Å². The Morgan fingerprint density at radius 3 is 2.91 bits per heavy atom. The molecule has 1 amide bonds. The highest BCUT2D eigenvalue weighted by Crippen LogP contribution is 2.18. The molecule has 0 aromatic heterocycles. The Balaban J connectivity index is 2.62. The number of hydrogen-bond acceptors (Lipinski definition) is 3. The number of hydrogen-bond donors (Lipinski definition) is 2. The predicted molar refractivity (Wildman–Crippen MR) is 41.0 cm³/mol. The van der Waals surface area contributed by atoms with Crippen molar-refractivity contribution in [2.45, 2.75) is 18.4 Å². The third-order valence-corrected chi connectivity index (χ3v) is 2.11. The first-order valence-corrected chi connectivity index (χ1v) is 3.75. The van der Waals surface area contributed by atoms with Gasteiger partial charge in [-0.05, 0) is 19.4 Å². The van der Waals surface area contributed by atoms with E-state index in [9.17, 15) is 4.79 Å². The highest BCUT2D eigenvalue weighted by molar-refractivity contribution is 5.85. The summed E-state index contributed by atoms with van der Waals surface area (Å²) < 4.78 is 4.93. The molecule has 3 N–H and O–H groups in total. The predicted octanol–water partition coefficient (Wildman–Crippen LogP) is -0.760.